The quantitative estimate of drug-likeness (QED) is 0.652. The van der Waals surface area contributed by atoms with E-state index in [1.54, 1.807) is 13.2 Å². The molecule has 1 aromatic carbocycles. The monoisotopic (exact) mass is 278 g/mol. The van der Waals surface area contributed by atoms with Crippen molar-refractivity contribution < 1.29 is 13.5 Å². The third-order valence-electron chi connectivity index (χ3n) is 4.32. The maximum atomic E-state index is 13.2. The SMILES string of the molecule is COC1(CC(NN)c2cc3cc(F)ccc3o2)CCC1. The summed E-state index contributed by atoms with van der Waals surface area (Å²) in [6, 6.07) is 6.20. The van der Waals surface area contributed by atoms with Crippen LogP contribution in [0.25, 0.3) is 11.0 Å². The average Bonchev–Trinajstić information content (AvgIpc) is 2.81. The first-order chi connectivity index (χ1) is 9.65. The molecule has 0 saturated heterocycles. The predicted molar refractivity (Wildman–Crippen MR) is 74.4 cm³/mol. The Morgan fingerprint density at radius 2 is 2.25 bits per heavy atom. The number of furan rings is 1. The third kappa shape index (κ3) is 2.32. The highest BCUT2D eigenvalue weighted by Crippen LogP contribution is 2.42. The lowest BCUT2D eigenvalue weighted by atomic mass is 9.75. The van der Waals surface area contributed by atoms with Crippen molar-refractivity contribution in [2.75, 3.05) is 7.11 Å². The minimum Gasteiger partial charge on any atom is -0.459 e. The molecule has 0 aliphatic heterocycles. The van der Waals surface area contributed by atoms with Gasteiger partial charge in [-0.2, -0.15) is 0 Å². The molecule has 3 N–H and O–H groups in total. The summed E-state index contributed by atoms with van der Waals surface area (Å²) in [6.07, 6.45) is 4.01. The Morgan fingerprint density at radius 1 is 1.45 bits per heavy atom. The van der Waals surface area contributed by atoms with E-state index in [2.05, 4.69) is 5.43 Å². The summed E-state index contributed by atoms with van der Waals surface area (Å²) in [5.74, 6) is 6.11. The van der Waals surface area contributed by atoms with Gasteiger partial charge >= 0.3 is 0 Å². The highest BCUT2D eigenvalue weighted by molar-refractivity contribution is 5.78. The number of hydrazine groups is 1. The van der Waals surface area contributed by atoms with Gasteiger partial charge in [0.2, 0.25) is 0 Å². The molecular formula is C15H19FN2O2. The van der Waals surface area contributed by atoms with Crippen molar-refractivity contribution in [2.24, 2.45) is 5.84 Å². The largest absolute Gasteiger partial charge is 0.459 e. The van der Waals surface area contributed by atoms with Crippen LogP contribution in [0, 0.1) is 5.82 Å². The Kier molecular flexibility index (Phi) is 3.50. The van der Waals surface area contributed by atoms with E-state index in [4.69, 9.17) is 15.0 Å². The maximum absolute atomic E-state index is 13.2. The predicted octanol–water partition coefficient (Wildman–Crippen LogP) is 3.04. The fourth-order valence-corrected chi connectivity index (χ4v) is 2.88. The normalized spacial score (nSPS) is 18.9. The van der Waals surface area contributed by atoms with Gasteiger partial charge in [-0.05, 0) is 43.5 Å². The van der Waals surface area contributed by atoms with Gasteiger partial charge in [-0.1, -0.05) is 0 Å². The van der Waals surface area contributed by atoms with Crippen LogP contribution in [0.1, 0.15) is 37.5 Å². The number of halogens is 1. The van der Waals surface area contributed by atoms with E-state index in [1.807, 2.05) is 6.07 Å². The molecule has 1 saturated carbocycles. The van der Waals surface area contributed by atoms with Crippen molar-refractivity contribution in [3.8, 4) is 0 Å². The highest BCUT2D eigenvalue weighted by atomic mass is 19.1. The standard InChI is InChI=1S/C15H19FN2O2/c1-19-15(5-2-6-15)9-12(18-17)14-8-10-7-11(16)3-4-13(10)20-14/h3-4,7-8,12,18H,2,5-6,9,17H2,1H3. The number of benzene rings is 1. The van der Waals surface area contributed by atoms with E-state index >= 15 is 0 Å². The van der Waals surface area contributed by atoms with Crippen LogP contribution >= 0.6 is 0 Å². The molecule has 0 bridgehead atoms. The summed E-state index contributed by atoms with van der Waals surface area (Å²) in [5, 5.41) is 0.750. The van der Waals surface area contributed by atoms with E-state index < -0.39 is 0 Å². The molecule has 1 fully saturated rings. The average molecular weight is 278 g/mol. The van der Waals surface area contributed by atoms with Crippen LogP contribution in [0.5, 0.6) is 0 Å². The lowest BCUT2D eigenvalue weighted by molar-refractivity contribution is -0.0848. The van der Waals surface area contributed by atoms with Crippen molar-refractivity contribution in [2.45, 2.75) is 37.3 Å². The number of nitrogens with two attached hydrogens (primary N) is 1. The zero-order valence-electron chi connectivity index (χ0n) is 11.5. The van der Waals surface area contributed by atoms with Crippen LogP contribution in [0.15, 0.2) is 28.7 Å². The molecule has 1 aliphatic carbocycles. The van der Waals surface area contributed by atoms with E-state index in [-0.39, 0.29) is 17.5 Å². The molecule has 1 unspecified atom stereocenters. The molecule has 1 aromatic heterocycles. The van der Waals surface area contributed by atoms with Crippen LogP contribution in [-0.4, -0.2) is 12.7 Å². The fourth-order valence-electron chi connectivity index (χ4n) is 2.88. The van der Waals surface area contributed by atoms with E-state index in [0.717, 1.165) is 30.4 Å². The topological polar surface area (TPSA) is 60.4 Å². The van der Waals surface area contributed by atoms with Crippen molar-refractivity contribution in [1.82, 2.24) is 5.43 Å². The van der Waals surface area contributed by atoms with Gasteiger partial charge in [-0.25, -0.2) is 9.82 Å². The van der Waals surface area contributed by atoms with Gasteiger partial charge in [0.15, 0.2) is 0 Å². The second-order valence-corrected chi connectivity index (χ2v) is 5.49. The second kappa shape index (κ2) is 5.16. The Morgan fingerprint density at radius 3 is 2.85 bits per heavy atom. The molecular weight excluding hydrogens is 259 g/mol. The molecule has 20 heavy (non-hydrogen) atoms. The first-order valence-electron chi connectivity index (χ1n) is 6.86. The Labute approximate surface area is 117 Å². The first-order valence-corrected chi connectivity index (χ1v) is 6.86. The van der Waals surface area contributed by atoms with Crippen molar-refractivity contribution in [1.29, 1.82) is 0 Å². The highest BCUT2D eigenvalue weighted by Gasteiger charge is 2.39. The molecule has 108 valence electrons. The summed E-state index contributed by atoms with van der Waals surface area (Å²) in [4.78, 5) is 0. The molecule has 0 spiro atoms. The van der Waals surface area contributed by atoms with E-state index in [1.165, 1.54) is 18.6 Å². The molecule has 3 rings (SSSR count). The summed E-state index contributed by atoms with van der Waals surface area (Å²) in [5.41, 5.74) is 3.34. The molecule has 1 aliphatic rings. The number of rotatable bonds is 5. The van der Waals surface area contributed by atoms with Gasteiger partial charge in [0.1, 0.15) is 17.2 Å². The maximum Gasteiger partial charge on any atom is 0.134 e. The minimum atomic E-state index is -0.269. The lowest BCUT2D eigenvalue weighted by Gasteiger charge is -2.42. The Bertz CT molecular complexity index is 601. The van der Waals surface area contributed by atoms with Crippen molar-refractivity contribution in [3.05, 3.63) is 35.8 Å². The van der Waals surface area contributed by atoms with Crippen LogP contribution in [0.4, 0.5) is 4.39 Å². The van der Waals surface area contributed by atoms with Gasteiger partial charge in [0.05, 0.1) is 11.6 Å². The minimum absolute atomic E-state index is 0.110. The number of hydrogen-bond donors (Lipinski definition) is 2. The summed E-state index contributed by atoms with van der Waals surface area (Å²) in [7, 11) is 1.74. The summed E-state index contributed by atoms with van der Waals surface area (Å²) < 4.78 is 24.6. The van der Waals surface area contributed by atoms with Crippen LogP contribution in [0.3, 0.4) is 0 Å². The lowest BCUT2D eigenvalue weighted by Crippen LogP contribution is -2.44. The van der Waals surface area contributed by atoms with Crippen molar-refractivity contribution in [3.63, 3.8) is 0 Å². The Balaban J connectivity index is 1.87. The molecule has 0 amide bonds. The van der Waals surface area contributed by atoms with E-state index in [0.29, 0.717) is 5.58 Å². The van der Waals surface area contributed by atoms with Crippen LogP contribution < -0.4 is 11.3 Å². The van der Waals surface area contributed by atoms with Crippen molar-refractivity contribution >= 4 is 11.0 Å². The summed E-state index contributed by atoms with van der Waals surface area (Å²) >= 11 is 0. The molecule has 0 radical (unpaired) electrons. The van der Waals surface area contributed by atoms with Gasteiger partial charge < -0.3 is 9.15 Å². The zero-order valence-corrected chi connectivity index (χ0v) is 11.5. The summed E-state index contributed by atoms with van der Waals surface area (Å²) in [6.45, 7) is 0. The van der Waals surface area contributed by atoms with Gasteiger partial charge in [-0.3, -0.25) is 5.84 Å². The van der Waals surface area contributed by atoms with E-state index in [9.17, 15) is 4.39 Å². The van der Waals surface area contributed by atoms with Gasteiger partial charge in [0.25, 0.3) is 0 Å². The molecule has 1 atom stereocenters. The number of fused-ring (bicyclic) bond motifs is 1. The zero-order chi connectivity index (χ0) is 14.2. The molecule has 5 heteroatoms. The molecule has 4 nitrogen and oxygen atoms in total. The third-order valence-corrected chi connectivity index (χ3v) is 4.32. The first kappa shape index (κ1) is 13.5. The van der Waals surface area contributed by atoms with Crippen LogP contribution in [-0.2, 0) is 4.74 Å². The van der Waals surface area contributed by atoms with Gasteiger partial charge in [-0.15, -0.1) is 0 Å². The van der Waals surface area contributed by atoms with Crippen LogP contribution in [0.2, 0.25) is 0 Å². The smallest absolute Gasteiger partial charge is 0.134 e. The fraction of sp³-hybridized carbons (Fsp3) is 0.467. The Hall–Kier alpha value is -1.43. The number of nitrogens with one attached hydrogen (secondary N) is 1. The number of methoxy groups -OCH3 is 1. The number of hydrogen-bond acceptors (Lipinski definition) is 4. The number of ether oxygens (including phenoxy) is 1. The molecule has 2 aromatic rings. The second-order valence-electron chi connectivity index (χ2n) is 5.49. The molecule has 1 heterocycles. The van der Waals surface area contributed by atoms with Gasteiger partial charge in [0, 0.05) is 18.9 Å².